The first kappa shape index (κ1) is 113. The summed E-state index contributed by atoms with van der Waals surface area (Å²) in [4.78, 5) is 107. The Hall–Kier alpha value is -5.17. The van der Waals surface area contributed by atoms with Gasteiger partial charge in [0.05, 0.1) is 33.0 Å². The van der Waals surface area contributed by atoms with Crippen LogP contribution in [0.2, 0.25) is 0 Å². The number of aromatic nitrogens is 9. The molecule has 133 heavy (non-hydrogen) atoms. The number of unbranched alkanes of at least 4 members (excludes halogenated alkanes) is 11. The lowest BCUT2D eigenvalue weighted by molar-refractivity contribution is -0.282. The Kier molecular flexibility index (Phi) is 42.8. The maximum atomic E-state index is 6.89. The lowest BCUT2D eigenvalue weighted by Crippen LogP contribution is -2.64. The predicted molar refractivity (Wildman–Crippen MR) is 557 cm³/mol. The quantitative estimate of drug-likeness (QED) is 0.0481. The zero-order valence-electron chi connectivity index (χ0n) is 91.9. The van der Waals surface area contributed by atoms with Crippen LogP contribution in [-0.4, -0.2) is 276 Å². The molecular weight excluding hydrogens is 1660 g/mol. The third kappa shape index (κ3) is 30.4. The van der Waals surface area contributed by atoms with Crippen molar-refractivity contribution in [3.63, 3.8) is 0 Å². The van der Waals surface area contributed by atoms with Crippen LogP contribution in [0.15, 0.2) is 0 Å². The van der Waals surface area contributed by atoms with Crippen molar-refractivity contribution in [3.05, 3.63) is 0 Å². The van der Waals surface area contributed by atoms with Gasteiger partial charge in [0.1, 0.15) is 0 Å². The Morgan fingerprint density at radius 2 is 0.414 bits per heavy atom. The summed E-state index contributed by atoms with van der Waals surface area (Å²) >= 11 is 0. The largest absolute Gasteiger partial charge is 0.347 e. The van der Waals surface area contributed by atoms with Crippen LogP contribution in [0, 0.1) is 0 Å². The van der Waals surface area contributed by atoms with Gasteiger partial charge in [-0.2, -0.15) is 70.2 Å². The molecule has 0 aromatic carbocycles. The molecule has 5 aliphatic rings. The van der Waals surface area contributed by atoms with Gasteiger partial charge in [0.15, 0.2) is 0 Å². The molecule has 3 aromatic rings. The second-order valence-electron chi connectivity index (χ2n) is 47.0. The third-order valence-electron chi connectivity index (χ3n) is 28.8. The van der Waals surface area contributed by atoms with E-state index in [0.29, 0.717) is 39.0 Å². The number of hydrogen-bond acceptors (Lipinski definition) is 28. The average Bonchev–Trinajstić information content (AvgIpc) is 0.782. The van der Waals surface area contributed by atoms with Crippen molar-refractivity contribution >= 4 is 53.5 Å². The van der Waals surface area contributed by atoms with Crippen LogP contribution in [0.25, 0.3) is 0 Å². The van der Waals surface area contributed by atoms with E-state index in [4.69, 9.17) is 69.0 Å². The van der Waals surface area contributed by atoms with E-state index in [-0.39, 0.29) is 85.6 Å². The van der Waals surface area contributed by atoms with Gasteiger partial charge in [0.2, 0.25) is 53.5 Å². The summed E-state index contributed by atoms with van der Waals surface area (Å²) < 4.78 is 0. The van der Waals surface area contributed by atoms with E-state index in [1.165, 1.54) is 0 Å². The first-order valence-electron chi connectivity index (χ1n) is 53.7. The van der Waals surface area contributed by atoms with E-state index >= 15 is 0 Å². The SMILES string of the molecule is CCCCN(C)c1nc(N(C)C)nc(N(CCCCCCN(c2nc(N(C)C3CC(C)(C)N(OCCC)C(C)(C)C3)nc(N(CCCCCCN(c3nc(N(CCCC)CCCC)nc(N(CCCC)CCCC)n3)C3CC(C)(C)N(OCCC)C(C)(C)C3)C3CC(C)(C)N(OCCC)C(C)(C)C3)n2)C2CC(C)(C)N(OCCC)C(C)(C)C2)C2CC(C)(C)N(OCCC)C(C)(C)C2)n1. The summed E-state index contributed by atoms with van der Waals surface area (Å²) in [5, 5.41) is 11.6. The van der Waals surface area contributed by atoms with E-state index in [1.807, 2.05) is 19.0 Å². The fourth-order valence-corrected chi connectivity index (χ4v) is 23.5. The van der Waals surface area contributed by atoms with Crippen LogP contribution >= 0.6 is 0 Å². The van der Waals surface area contributed by atoms with E-state index < -0.39 is 0 Å². The van der Waals surface area contributed by atoms with E-state index in [1.54, 1.807) is 0 Å². The highest BCUT2D eigenvalue weighted by Gasteiger charge is 2.55. The fraction of sp³-hybridized carbons (Fsp3) is 0.914. The Morgan fingerprint density at radius 3 is 0.647 bits per heavy atom. The smallest absolute Gasteiger partial charge is 0.232 e. The van der Waals surface area contributed by atoms with Gasteiger partial charge in [-0.1, -0.05) is 127 Å². The monoisotopic (exact) mass is 1860 g/mol. The van der Waals surface area contributed by atoms with Crippen molar-refractivity contribution in [1.29, 1.82) is 0 Å². The zero-order chi connectivity index (χ0) is 98.3. The first-order valence-corrected chi connectivity index (χ1v) is 53.7. The van der Waals surface area contributed by atoms with Crippen LogP contribution in [0.4, 0.5) is 53.5 Å². The summed E-state index contributed by atoms with van der Waals surface area (Å²) in [6, 6.07) is 0.507. The lowest BCUT2D eigenvalue weighted by atomic mass is 9.78. The highest BCUT2D eigenvalue weighted by molar-refractivity contribution is 5.51. The molecule has 8 heterocycles. The zero-order valence-corrected chi connectivity index (χ0v) is 91.9. The maximum absolute atomic E-state index is 6.89. The number of nitrogens with zero attached hydrogens (tertiary/aromatic N) is 23. The number of piperidine rings is 5. The average molecular weight is 1870 g/mol. The minimum atomic E-state index is -0.331. The van der Waals surface area contributed by atoms with Crippen LogP contribution < -0.4 is 44.1 Å². The second-order valence-corrected chi connectivity index (χ2v) is 47.0. The molecule has 3 aromatic heterocycles. The number of hydrogen-bond donors (Lipinski definition) is 0. The van der Waals surface area contributed by atoms with Gasteiger partial charge in [-0.25, -0.2) is 0 Å². The molecule has 5 fully saturated rings. The number of hydroxylamine groups is 10. The van der Waals surface area contributed by atoms with Crippen molar-refractivity contribution in [3.8, 4) is 0 Å². The minimum absolute atomic E-state index is 0.0613. The summed E-state index contributed by atoms with van der Waals surface area (Å²) in [5.41, 5.74) is -2.94. The number of rotatable bonds is 58. The first-order chi connectivity index (χ1) is 62.6. The Bertz CT molecular complexity index is 3720. The summed E-state index contributed by atoms with van der Waals surface area (Å²) in [6.07, 6.45) is 32.3. The van der Waals surface area contributed by atoms with Crippen molar-refractivity contribution in [2.24, 2.45) is 0 Å². The normalized spacial score (nSPS) is 20.6. The molecule has 0 atom stereocenters. The molecule has 5 aliphatic heterocycles. The summed E-state index contributed by atoms with van der Waals surface area (Å²) in [7, 11) is 8.50. The second kappa shape index (κ2) is 50.3. The van der Waals surface area contributed by atoms with Gasteiger partial charge in [0.25, 0.3) is 0 Å². The highest BCUT2D eigenvalue weighted by atomic mass is 16.7. The Morgan fingerprint density at radius 1 is 0.218 bits per heavy atom. The molecule has 5 saturated heterocycles. The molecule has 28 nitrogen and oxygen atoms in total. The van der Waals surface area contributed by atoms with Gasteiger partial charge < -0.3 is 44.1 Å². The lowest BCUT2D eigenvalue weighted by Gasteiger charge is -2.56. The Labute approximate surface area is 813 Å². The van der Waals surface area contributed by atoms with Gasteiger partial charge in [-0.3, -0.25) is 24.2 Å². The topological polar surface area (TPSA) is 208 Å². The van der Waals surface area contributed by atoms with E-state index in [0.717, 1.165) is 318 Å². The van der Waals surface area contributed by atoms with Crippen LogP contribution in [0.3, 0.4) is 0 Å². The van der Waals surface area contributed by atoms with E-state index in [9.17, 15) is 0 Å². The molecule has 0 N–H and O–H groups in total. The third-order valence-corrected chi connectivity index (χ3v) is 28.8. The molecule has 0 spiro atoms. The van der Waals surface area contributed by atoms with Crippen molar-refractivity contribution < 1.29 is 24.2 Å². The fourth-order valence-electron chi connectivity index (χ4n) is 23.5. The van der Waals surface area contributed by atoms with Crippen LogP contribution in [0.5, 0.6) is 0 Å². The summed E-state index contributed by atoms with van der Waals surface area (Å²) in [6.45, 7) is 81.2. The molecule has 0 radical (unpaired) electrons. The van der Waals surface area contributed by atoms with Crippen LogP contribution in [0.1, 0.15) is 420 Å². The van der Waals surface area contributed by atoms with Crippen molar-refractivity contribution in [1.82, 2.24) is 70.2 Å². The van der Waals surface area contributed by atoms with Gasteiger partial charge >= 0.3 is 0 Å². The molecule has 8 rings (SSSR count). The molecule has 0 bridgehead atoms. The van der Waals surface area contributed by atoms with Crippen LogP contribution in [-0.2, 0) is 24.2 Å². The molecule has 28 heteroatoms. The van der Waals surface area contributed by atoms with Gasteiger partial charge in [-0.05, 0) is 293 Å². The molecule has 0 amide bonds. The molecule has 766 valence electrons. The molecule has 0 saturated carbocycles. The standard InChI is InChI=1S/C105H201N23O5/c1-35-45-58-116(33)88-106-87(115(31)32)107-92(108-88)120(83-74-98(15,16)125(130-68-41-7)99(17,18)75-83)63-54-50-51-55-64-121(84-76-100(19,20)126(131-69-42-8)101(21,22)77-84)93-109-89(117(34)82-72-96(11,12)124(129-67-40-6)97(13,14)73-82)110-94(114-93)122(85-78-102(23,24)127(132-70-43-9)103(25,26)79-85)65-56-52-53-57-66-123(86-80-104(27,28)128(133-71-44-10)105(29,30)81-86)95-112-90(118(59-46-36-2)60-47-37-3)111-91(113-95)119(61-48-38-4)62-49-39-5/h82-86H,35-81H2,1-34H3. The minimum Gasteiger partial charge on any atom is -0.347 e. The molecular formula is C105H201N23O5. The molecule has 0 unspecified atom stereocenters. The van der Waals surface area contributed by atoms with Crippen molar-refractivity contribution in [2.75, 3.05) is 164 Å². The number of anilines is 9. The summed E-state index contributed by atoms with van der Waals surface area (Å²) in [5.74, 6) is 6.86. The maximum Gasteiger partial charge on any atom is 0.232 e. The van der Waals surface area contributed by atoms with Gasteiger partial charge in [0, 0.05) is 173 Å². The van der Waals surface area contributed by atoms with E-state index in [2.05, 4.69) is 286 Å². The molecule has 0 aliphatic carbocycles. The highest BCUT2D eigenvalue weighted by Crippen LogP contribution is 2.49. The van der Waals surface area contributed by atoms with Crippen molar-refractivity contribution in [2.45, 2.75) is 505 Å². The Balaban J connectivity index is 1.25. The van der Waals surface area contributed by atoms with Gasteiger partial charge in [-0.15, -0.1) is 0 Å². The predicted octanol–water partition coefficient (Wildman–Crippen LogP) is 22.4.